The Morgan fingerprint density at radius 3 is 2.20 bits per heavy atom. The third-order valence-corrected chi connectivity index (χ3v) is 9.61. The lowest BCUT2D eigenvalue weighted by Gasteiger charge is -2.37. The van der Waals surface area contributed by atoms with Crippen molar-refractivity contribution in [2.75, 3.05) is 13.1 Å². The van der Waals surface area contributed by atoms with Gasteiger partial charge in [-0.05, 0) is 76.0 Å². The SMILES string of the molecule is CCCC(NC(=O)[C@@H]1[C@@H]2[C@H](CN1C(=O)[C@@H](NC(=O)OC(C)(C)C)C1CCCCC1)C2(C)C)C(=O)C(=O)NCC(=O)NC1CC1. The Morgan fingerprint density at radius 1 is 0.955 bits per heavy atom. The first-order chi connectivity index (χ1) is 20.6. The minimum Gasteiger partial charge on any atom is -0.444 e. The van der Waals surface area contributed by atoms with Crippen molar-refractivity contribution in [3.63, 3.8) is 0 Å². The molecule has 5 amide bonds. The molecule has 12 nitrogen and oxygen atoms in total. The maximum absolute atomic E-state index is 14.2. The van der Waals surface area contributed by atoms with Crippen LogP contribution in [0.3, 0.4) is 0 Å². The van der Waals surface area contributed by atoms with Crippen LogP contribution in [0, 0.1) is 23.2 Å². The smallest absolute Gasteiger partial charge is 0.408 e. The Kier molecular flexibility index (Phi) is 10.3. The summed E-state index contributed by atoms with van der Waals surface area (Å²) >= 11 is 0. The molecule has 3 aliphatic carbocycles. The number of ketones is 1. The summed E-state index contributed by atoms with van der Waals surface area (Å²) in [4.78, 5) is 80.4. The van der Waals surface area contributed by atoms with Crippen LogP contribution in [-0.4, -0.2) is 83.3 Å². The minimum atomic E-state index is -1.09. The van der Waals surface area contributed by atoms with E-state index in [-0.39, 0.29) is 54.0 Å². The first-order valence-electron chi connectivity index (χ1n) is 16.4. The minimum absolute atomic E-state index is 0.0763. The fourth-order valence-corrected chi connectivity index (χ4v) is 7.00. The number of likely N-dealkylation sites (tertiary alicyclic amines) is 1. The third kappa shape index (κ3) is 8.10. The van der Waals surface area contributed by atoms with Crippen LogP contribution in [0.2, 0.25) is 0 Å². The predicted octanol–water partition coefficient (Wildman–Crippen LogP) is 2.19. The summed E-state index contributed by atoms with van der Waals surface area (Å²) in [5, 5.41) is 10.7. The number of fused-ring (bicyclic) bond motifs is 1. The van der Waals surface area contributed by atoms with Crippen LogP contribution in [-0.2, 0) is 28.7 Å². The Bertz CT molecular complexity index is 1140. The number of nitrogens with zero attached hydrogens (tertiary/aromatic N) is 1. The highest BCUT2D eigenvalue weighted by Gasteiger charge is 2.69. The molecule has 44 heavy (non-hydrogen) atoms. The quantitative estimate of drug-likeness (QED) is 0.244. The van der Waals surface area contributed by atoms with Crippen LogP contribution in [0.25, 0.3) is 0 Å². The summed E-state index contributed by atoms with van der Waals surface area (Å²) in [6, 6.07) is -2.63. The standard InChI is InChI=1S/C32H51N5O7/c1-7-11-21(26(39)28(41)33-16-22(38)34-19-14-15-19)35-27(40)25-23-20(32(23,5)6)17-37(25)29(42)24(18-12-9-8-10-13-18)36-30(43)44-31(2,3)4/h18-21,23-25H,7-17H2,1-6H3,(H,33,41)(H,34,38)(H,35,40)(H,36,43)/t20-,21?,23-,24-,25-/m0/s1. The number of nitrogens with one attached hydrogen (secondary N) is 4. The monoisotopic (exact) mass is 617 g/mol. The van der Waals surface area contributed by atoms with Gasteiger partial charge in [-0.3, -0.25) is 24.0 Å². The maximum Gasteiger partial charge on any atom is 0.408 e. The molecule has 12 heteroatoms. The Labute approximate surface area is 260 Å². The largest absolute Gasteiger partial charge is 0.444 e. The number of alkyl carbamates (subject to hydrolysis) is 1. The Hall–Kier alpha value is -3.18. The second kappa shape index (κ2) is 13.4. The number of rotatable bonds is 12. The third-order valence-electron chi connectivity index (χ3n) is 9.61. The normalized spacial score (nSPS) is 25.6. The lowest BCUT2D eigenvalue weighted by atomic mass is 9.83. The van der Waals surface area contributed by atoms with E-state index in [1.54, 1.807) is 25.7 Å². The molecule has 0 aromatic heterocycles. The molecular formula is C32H51N5O7. The van der Waals surface area contributed by atoms with Crippen LogP contribution in [0.15, 0.2) is 0 Å². The van der Waals surface area contributed by atoms with E-state index in [4.69, 9.17) is 4.74 Å². The lowest BCUT2D eigenvalue weighted by molar-refractivity contribution is -0.145. The van der Waals surface area contributed by atoms with Crippen molar-refractivity contribution in [2.45, 2.75) is 129 Å². The van der Waals surface area contributed by atoms with Gasteiger partial charge in [0.2, 0.25) is 23.5 Å². The molecule has 4 N–H and O–H groups in total. The number of hydrogen-bond donors (Lipinski definition) is 4. The van der Waals surface area contributed by atoms with E-state index in [2.05, 4.69) is 35.1 Å². The maximum atomic E-state index is 14.2. The Balaban J connectivity index is 1.48. The number of carbonyl (C=O) groups excluding carboxylic acids is 6. The molecule has 246 valence electrons. The van der Waals surface area contributed by atoms with Crippen LogP contribution >= 0.6 is 0 Å². The first kappa shape index (κ1) is 33.7. The van der Waals surface area contributed by atoms with Gasteiger partial charge in [0.1, 0.15) is 17.7 Å². The molecule has 4 fully saturated rings. The van der Waals surface area contributed by atoms with Gasteiger partial charge in [0.05, 0.1) is 12.6 Å². The summed E-state index contributed by atoms with van der Waals surface area (Å²) in [6.45, 7) is 11.3. The van der Waals surface area contributed by atoms with Crippen molar-refractivity contribution >= 4 is 35.5 Å². The summed E-state index contributed by atoms with van der Waals surface area (Å²) in [5.74, 6) is -3.01. The van der Waals surface area contributed by atoms with Gasteiger partial charge in [0.15, 0.2) is 0 Å². The number of amides is 5. The highest BCUT2D eigenvalue weighted by molar-refractivity contribution is 6.38. The van der Waals surface area contributed by atoms with Gasteiger partial charge in [-0.2, -0.15) is 0 Å². The first-order valence-corrected chi connectivity index (χ1v) is 16.4. The van der Waals surface area contributed by atoms with E-state index in [0.717, 1.165) is 44.9 Å². The number of carbonyl (C=O) groups is 6. The Morgan fingerprint density at radius 2 is 1.61 bits per heavy atom. The van der Waals surface area contributed by atoms with E-state index in [1.165, 1.54) is 0 Å². The van der Waals surface area contributed by atoms with Crippen molar-refractivity contribution in [3.8, 4) is 0 Å². The molecule has 0 spiro atoms. The molecule has 0 aromatic rings. The molecular weight excluding hydrogens is 566 g/mol. The summed E-state index contributed by atoms with van der Waals surface area (Å²) in [7, 11) is 0. The van der Waals surface area contributed by atoms with Crippen LogP contribution in [0.1, 0.15) is 99.3 Å². The van der Waals surface area contributed by atoms with Gasteiger partial charge in [-0.1, -0.05) is 46.5 Å². The highest BCUT2D eigenvalue weighted by Crippen LogP contribution is 2.65. The number of piperidine rings is 1. The number of ether oxygens (including phenoxy) is 1. The van der Waals surface area contributed by atoms with Crippen LogP contribution < -0.4 is 21.3 Å². The van der Waals surface area contributed by atoms with Crippen molar-refractivity contribution in [3.05, 3.63) is 0 Å². The van der Waals surface area contributed by atoms with Crippen LogP contribution in [0.4, 0.5) is 4.79 Å². The molecule has 1 unspecified atom stereocenters. The average Bonchev–Trinajstić information content (AvgIpc) is 3.80. The van der Waals surface area contributed by atoms with E-state index in [0.29, 0.717) is 13.0 Å². The van der Waals surface area contributed by atoms with Gasteiger partial charge in [-0.25, -0.2) is 4.79 Å². The van der Waals surface area contributed by atoms with E-state index >= 15 is 0 Å². The fraction of sp³-hybridized carbons (Fsp3) is 0.812. The van der Waals surface area contributed by atoms with Gasteiger partial charge in [-0.15, -0.1) is 0 Å². The predicted molar refractivity (Wildman–Crippen MR) is 162 cm³/mol. The van der Waals surface area contributed by atoms with Gasteiger partial charge in [0.25, 0.3) is 5.91 Å². The molecule has 4 aliphatic rings. The molecule has 1 saturated heterocycles. The highest BCUT2D eigenvalue weighted by atomic mass is 16.6. The number of hydrogen-bond acceptors (Lipinski definition) is 7. The zero-order valence-corrected chi connectivity index (χ0v) is 27.1. The zero-order chi connectivity index (χ0) is 32.4. The topological polar surface area (TPSA) is 163 Å². The molecule has 0 radical (unpaired) electrons. The molecule has 3 saturated carbocycles. The molecule has 5 atom stereocenters. The lowest BCUT2D eigenvalue weighted by Crippen LogP contribution is -2.60. The van der Waals surface area contributed by atoms with E-state index in [9.17, 15) is 28.8 Å². The fourth-order valence-electron chi connectivity index (χ4n) is 7.00. The summed E-state index contributed by atoms with van der Waals surface area (Å²) in [6.07, 6.45) is 6.46. The van der Waals surface area contributed by atoms with Gasteiger partial charge in [0, 0.05) is 12.6 Å². The van der Waals surface area contributed by atoms with Gasteiger partial charge < -0.3 is 30.9 Å². The second-order valence-electron chi connectivity index (χ2n) is 14.6. The van der Waals surface area contributed by atoms with E-state index in [1.807, 2.05) is 6.92 Å². The summed E-state index contributed by atoms with van der Waals surface area (Å²) in [5.41, 5.74) is -0.908. The average molecular weight is 618 g/mol. The van der Waals surface area contributed by atoms with Crippen molar-refractivity contribution in [2.24, 2.45) is 23.2 Å². The molecule has 1 aliphatic heterocycles. The second-order valence-corrected chi connectivity index (χ2v) is 14.6. The van der Waals surface area contributed by atoms with Crippen molar-refractivity contribution in [1.29, 1.82) is 0 Å². The van der Waals surface area contributed by atoms with Crippen molar-refractivity contribution < 1.29 is 33.5 Å². The number of Topliss-reactive ketones (excluding diaryl/α,β-unsaturated/α-hetero) is 1. The zero-order valence-electron chi connectivity index (χ0n) is 27.1. The van der Waals surface area contributed by atoms with E-state index < -0.39 is 47.4 Å². The molecule has 4 rings (SSSR count). The van der Waals surface area contributed by atoms with Crippen molar-refractivity contribution in [1.82, 2.24) is 26.2 Å². The van der Waals surface area contributed by atoms with Crippen LogP contribution in [0.5, 0.6) is 0 Å². The van der Waals surface area contributed by atoms with Gasteiger partial charge >= 0.3 is 6.09 Å². The molecule has 0 bridgehead atoms. The molecule has 1 heterocycles. The summed E-state index contributed by atoms with van der Waals surface area (Å²) < 4.78 is 5.49. The molecule has 0 aromatic carbocycles.